The van der Waals surface area contributed by atoms with Crippen LogP contribution in [0.25, 0.3) is 11.1 Å². The Morgan fingerprint density at radius 2 is 2.24 bits per heavy atom. The van der Waals surface area contributed by atoms with Crippen molar-refractivity contribution in [2.75, 3.05) is 12.5 Å². The Hall–Kier alpha value is -1.76. The van der Waals surface area contributed by atoms with Gasteiger partial charge in [0.1, 0.15) is 0 Å². The predicted molar refractivity (Wildman–Crippen MR) is 60.1 cm³/mol. The number of nitrogen functional groups attached to an aromatic ring is 1. The van der Waals surface area contributed by atoms with Crippen LogP contribution in [-0.4, -0.2) is 11.9 Å². The van der Waals surface area contributed by atoms with Gasteiger partial charge in [0.05, 0.1) is 11.8 Å². The first kappa shape index (κ1) is 10.4. The van der Waals surface area contributed by atoms with Gasteiger partial charge in [-0.3, -0.25) is 0 Å². The van der Waals surface area contributed by atoms with E-state index in [0.717, 1.165) is 0 Å². The summed E-state index contributed by atoms with van der Waals surface area (Å²) >= 11 is 3.26. The fraction of sp³-hybridized carbons (Fsp3) is 0.100. The molecule has 2 heterocycles. The summed E-state index contributed by atoms with van der Waals surface area (Å²) in [5, 5.41) is 3.51. The predicted octanol–water partition coefficient (Wildman–Crippen LogP) is 2.55. The van der Waals surface area contributed by atoms with Crippen molar-refractivity contribution in [2.45, 2.75) is 0 Å². The number of nitrogens with zero attached hydrogens (tertiary/aromatic N) is 1. The minimum atomic E-state index is -0.554. The monoisotopic (exact) mass is 300 g/mol. The van der Waals surface area contributed by atoms with Crippen molar-refractivity contribution in [2.24, 2.45) is 0 Å². The lowest BCUT2D eigenvalue weighted by atomic mass is 10.1. The van der Waals surface area contributed by atoms with Gasteiger partial charge < -0.3 is 19.7 Å². The summed E-state index contributed by atoms with van der Waals surface area (Å²) in [6.07, 6.45) is 1.35. The summed E-state index contributed by atoms with van der Waals surface area (Å²) in [5.41, 5.74) is 6.18. The zero-order chi connectivity index (χ0) is 12.0. The van der Waals surface area contributed by atoms with Crippen LogP contribution in [0.3, 0.4) is 0 Å². The summed E-state index contributed by atoms with van der Waals surface area (Å²) in [7, 11) is 0. The largest absolute Gasteiger partial charge is 0.453 e. The Kier molecular flexibility index (Phi) is 2.22. The number of hydrogen-bond acceptors (Lipinski definition) is 5. The first-order chi connectivity index (χ1) is 8.18. The molecule has 1 aromatic carbocycles. The molecular weight excluding hydrogens is 295 g/mol. The van der Waals surface area contributed by atoms with Crippen molar-refractivity contribution >= 4 is 21.8 Å². The second kappa shape index (κ2) is 3.63. The van der Waals surface area contributed by atoms with E-state index in [1.54, 1.807) is 6.07 Å². The number of benzene rings is 1. The molecule has 0 saturated carbocycles. The van der Waals surface area contributed by atoms with E-state index >= 15 is 0 Å². The van der Waals surface area contributed by atoms with E-state index in [4.69, 9.17) is 19.7 Å². The zero-order valence-electron chi connectivity index (χ0n) is 8.37. The van der Waals surface area contributed by atoms with E-state index in [1.807, 2.05) is 0 Å². The molecule has 7 heteroatoms. The molecule has 3 rings (SSSR count). The van der Waals surface area contributed by atoms with Gasteiger partial charge in [-0.2, -0.15) is 0 Å². The molecule has 0 spiro atoms. The number of fused-ring (bicyclic) bond motifs is 1. The lowest BCUT2D eigenvalue weighted by Gasteiger charge is -2.06. The summed E-state index contributed by atoms with van der Waals surface area (Å²) in [4.78, 5) is 0. The van der Waals surface area contributed by atoms with Crippen LogP contribution in [-0.2, 0) is 0 Å². The van der Waals surface area contributed by atoms with Gasteiger partial charge in [-0.15, -0.1) is 0 Å². The van der Waals surface area contributed by atoms with Crippen LogP contribution in [0.4, 0.5) is 10.3 Å². The fourth-order valence-corrected chi connectivity index (χ4v) is 2.25. The van der Waals surface area contributed by atoms with E-state index in [2.05, 4.69) is 21.1 Å². The normalized spacial score (nSPS) is 13.1. The van der Waals surface area contributed by atoms with E-state index in [1.165, 1.54) is 6.20 Å². The highest BCUT2D eigenvalue weighted by atomic mass is 79.9. The quantitative estimate of drug-likeness (QED) is 0.876. The molecule has 0 saturated heterocycles. The molecule has 0 fully saturated rings. The maximum absolute atomic E-state index is 14.2. The second-order valence-electron chi connectivity index (χ2n) is 3.38. The average molecular weight is 301 g/mol. The SMILES string of the molecule is Nc1oncc1-c1c(Br)cc2c(c1F)OCO2. The Balaban J connectivity index is 2.28. The molecule has 2 N–H and O–H groups in total. The average Bonchev–Trinajstić information content (AvgIpc) is 2.88. The number of nitrogens with two attached hydrogens (primary N) is 1. The molecule has 0 radical (unpaired) electrons. The molecule has 0 amide bonds. The summed E-state index contributed by atoms with van der Waals surface area (Å²) < 4.78 is 29.6. The topological polar surface area (TPSA) is 70.5 Å². The summed E-state index contributed by atoms with van der Waals surface area (Å²) in [6.45, 7) is 0.00126. The van der Waals surface area contributed by atoms with Crippen LogP contribution in [0.2, 0.25) is 0 Å². The van der Waals surface area contributed by atoms with Crippen LogP contribution in [0.1, 0.15) is 0 Å². The van der Waals surface area contributed by atoms with Crippen molar-refractivity contribution in [1.29, 1.82) is 0 Å². The maximum atomic E-state index is 14.2. The van der Waals surface area contributed by atoms with Gasteiger partial charge in [-0.25, -0.2) is 4.39 Å². The van der Waals surface area contributed by atoms with Gasteiger partial charge in [-0.1, -0.05) is 5.16 Å². The number of rotatable bonds is 1. The molecular formula is C10H6BrFN2O3. The number of aromatic nitrogens is 1. The third kappa shape index (κ3) is 1.46. The lowest BCUT2D eigenvalue weighted by molar-refractivity contribution is 0.171. The van der Waals surface area contributed by atoms with Gasteiger partial charge in [0.2, 0.25) is 18.4 Å². The van der Waals surface area contributed by atoms with E-state index in [-0.39, 0.29) is 24.0 Å². The number of anilines is 1. The Morgan fingerprint density at radius 3 is 2.94 bits per heavy atom. The smallest absolute Gasteiger partial charge is 0.231 e. The maximum Gasteiger partial charge on any atom is 0.231 e. The molecule has 2 aromatic rings. The first-order valence-corrected chi connectivity index (χ1v) is 5.46. The highest BCUT2D eigenvalue weighted by molar-refractivity contribution is 9.10. The summed E-state index contributed by atoms with van der Waals surface area (Å²) in [5.74, 6) is -0.0813. The zero-order valence-corrected chi connectivity index (χ0v) is 9.95. The van der Waals surface area contributed by atoms with Gasteiger partial charge in [0.15, 0.2) is 11.6 Å². The molecule has 0 bridgehead atoms. The van der Waals surface area contributed by atoms with Crippen molar-refractivity contribution in [1.82, 2.24) is 5.16 Å². The number of ether oxygens (including phenoxy) is 2. The standard InChI is InChI=1S/C10H6BrFN2O3/c11-5-1-6-9(16-3-15-6)8(12)7(5)4-2-14-17-10(4)13/h1-2H,3,13H2. The fourth-order valence-electron chi connectivity index (χ4n) is 1.66. The molecule has 88 valence electrons. The lowest BCUT2D eigenvalue weighted by Crippen LogP contribution is -1.94. The van der Waals surface area contributed by atoms with Gasteiger partial charge in [0, 0.05) is 10.0 Å². The molecule has 0 aliphatic carbocycles. The molecule has 1 aliphatic heterocycles. The van der Waals surface area contributed by atoms with Gasteiger partial charge >= 0.3 is 0 Å². The molecule has 5 nitrogen and oxygen atoms in total. The van der Waals surface area contributed by atoms with Crippen molar-refractivity contribution in [3.05, 3.63) is 22.6 Å². The van der Waals surface area contributed by atoms with Crippen LogP contribution < -0.4 is 15.2 Å². The van der Waals surface area contributed by atoms with Crippen molar-refractivity contribution < 1.29 is 18.4 Å². The molecule has 17 heavy (non-hydrogen) atoms. The van der Waals surface area contributed by atoms with Crippen LogP contribution in [0, 0.1) is 5.82 Å². The van der Waals surface area contributed by atoms with Crippen LogP contribution >= 0.6 is 15.9 Å². The number of hydrogen-bond donors (Lipinski definition) is 1. The molecule has 1 aromatic heterocycles. The third-order valence-electron chi connectivity index (χ3n) is 2.42. The van der Waals surface area contributed by atoms with Crippen LogP contribution in [0.5, 0.6) is 11.5 Å². The Morgan fingerprint density at radius 1 is 1.41 bits per heavy atom. The number of halogens is 2. The van der Waals surface area contributed by atoms with Crippen LogP contribution in [0.15, 0.2) is 21.3 Å². The minimum absolute atomic E-state index is 0.00126. The third-order valence-corrected chi connectivity index (χ3v) is 3.05. The minimum Gasteiger partial charge on any atom is -0.453 e. The van der Waals surface area contributed by atoms with Crippen molar-refractivity contribution in [3.63, 3.8) is 0 Å². The Labute approximate surface area is 103 Å². The molecule has 0 atom stereocenters. The molecule has 1 aliphatic rings. The molecule has 0 unspecified atom stereocenters. The second-order valence-corrected chi connectivity index (χ2v) is 4.24. The highest BCUT2D eigenvalue weighted by Crippen LogP contribution is 2.45. The van der Waals surface area contributed by atoms with E-state index < -0.39 is 5.82 Å². The van der Waals surface area contributed by atoms with E-state index in [0.29, 0.717) is 15.8 Å². The highest BCUT2D eigenvalue weighted by Gasteiger charge is 2.26. The first-order valence-electron chi connectivity index (χ1n) is 4.66. The van der Waals surface area contributed by atoms with Gasteiger partial charge in [-0.05, 0) is 22.0 Å². The van der Waals surface area contributed by atoms with Crippen molar-refractivity contribution in [3.8, 4) is 22.6 Å². The summed E-state index contributed by atoms with van der Waals surface area (Å²) in [6, 6.07) is 1.62. The van der Waals surface area contributed by atoms with Gasteiger partial charge in [0.25, 0.3) is 0 Å². The Bertz CT molecular complexity index is 599. The van der Waals surface area contributed by atoms with E-state index in [9.17, 15) is 4.39 Å².